The third-order valence-electron chi connectivity index (χ3n) is 8.08. The fourth-order valence-corrected chi connectivity index (χ4v) is 8.31. The molecule has 2 heterocycles. The molecule has 7 N–H and O–H groups in total. The van der Waals surface area contributed by atoms with Crippen LogP contribution in [0, 0.1) is 0 Å². The molecular weight excluding hydrogens is 731 g/mol. The molecule has 0 saturated carbocycles. The minimum Gasteiger partial charge on any atom is -0.787 e. The molecule has 3 aromatic carbocycles. The Morgan fingerprint density at radius 3 is 2.11 bits per heavy atom. The van der Waals surface area contributed by atoms with Crippen LogP contribution in [0.5, 0.6) is 5.75 Å². The van der Waals surface area contributed by atoms with E-state index in [1.165, 1.54) is 40.9 Å². The van der Waals surface area contributed by atoms with Crippen LogP contribution in [-0.4, -0.2) is 73.4 Å². The molecule has 6 atom stereocenters. The van der Waals surface area contributed by atoms with Gasteiger partial charge in [0.05, 0.1) is 13.8 Å². The van der Waals surface area contributed by atoms with Gasteiger partial charge >= 0.3 is 49.8 Å². The molecule has 3 aromatic rings. The third kappa shape index (κ3) is 12.4. The van der Waals surface area contributed by atoms with Crippen LogP contribution in [0.25, 0.3) is 0 Å². The predicted octanol–water partition coefficient (Wildman–Crippen LogP) is -5.07. The second-order valence-corrected chi connectivity index (χ2v) is 16.1. The van der Waals surface area contributed by atoms with Crippen molar-refractivity contribution in [3.05, 3.63) is 102 Å². The number of amides is 3. The predicted molar refractivity (Wildman–Crippen MR) is 185 cm³/mol. The molecule has 278 valence electrons. The molecule has 2 fully saturated rings. The van der Waals surface area contributed by atoms with Gasteiger partial charge in [-0.15, -0.1) is 11.8 Å². The third-order valence-corrected chi connectivity index (χ3v) is 10.9. The number of alkyl carbamates (subject to hydrolysis) is 1. The van der Waals surface area contributed by atoms with Gasteiger partial charge in [-0.2, -0.15) is 0 Å². The van der Waals surface area contributed by atoms with Gasteiger partial charge in [-0.1, -0.05) is 72.8 Å². The fraction of sp³-hybridized carbons (Fsp3) is 0.324. The second kappa shape index (κ2) is 20.3. The molecular formula is C34H38Li2N5O11PS. The number of phenolic OH excluding ortho intramolecular Hbond substituents is 1. The Labute approximate surface area is 339 Å². The molecule has 2 saturated heterocycles. The maximum absolute atomic E-state index is 12.3. The maximum atomic E-state index is 12.3. The van der Waals surface area contributed by atoms with Crippen LogP contribution in [0.4, 0.5) is 4.79 Å². The van der Waals surface area contributed by atoms with Gasteiger partial charge in [0.1, 0.15) is 35.9 Å². The van der Waals surface area contributed by atoms with Crippen LogP contribution in [0.15, 0.2) is 84.9 Å². The molecule has 54 heavy (non-hydrogen) atoms. The van der Waals surface area contributed by atoms with Crippen LogP contribution < -0.4 is 69.2 Å². The van der Waals surface area contributed by atoms with Gasteiger partial charge < -0.3 is 55.6 Å². The van der Waals surface area contributed by atoms with Gasteiger partial charge in [-0.3, -0.25) is 14.7 Å². The van der Waals surface area contributed by atoms with Gasteiger partial charge in [0.2, 0.25) is 11.8 Å². The van der Waals surface area contributed by atoms with E-state index in [-0.39, 0.29) is 50.1 Å². The molecule has 2 aliphatic rings. The summed E-state index contributed by atoms with van der Waals surface area (Å²) in [6.45, 7) is 3.53. The minimum absolute atomic E-state index is 0. The zero-order chi connectivity index (χ0) is 38.2. The number of hydrogen-bond acceptors (Lipinski definition) is 12. The number of rotatable bonds is 13. The van der Waals surface area contributed by atoms with Gasteiger partial charge in [-0.05, 0) is 42.7 Å². The van der Waals surface area contributed by atoms with Gasteiger partial charge in [0.15, 0.2) is 0 Å². The van der Waals surface area contributed by atoms with Crippen LogP contribution in [0.1, 0.15) is 49.0 Å². The number of carboxylic acid groups (broad SMARTS) is 2. The number of aliphatic carboxylic acids is 2. The number of nitrogens with zero attached hydrogens (tertiary/aromatic N) is 1. The van der Waals surface area contributed by atoms with Crippen molar-refractivity contribution in [2.45, 2.75) is 61.2 Å². The number of carbonyl (C=O) groups excluding carboxylic acids is 4. The van der Waals surface area contributed by atoms with Crippen molar-refractivity contribution >= 4 is 49.1 Å². The van der Waals surface area contributed by atoms with E-state index in [1.54, 1.807) is 68.4 Å². The summed E-state index contributed by atoms with van der Waals surface area (Å²) in [5, 5.41) is 36.2. The summed E-state index contributed by atoms with van der Waals surface area (Å²) in [6.07, 6.45) is -2.15. The number of fused-ring (bicyclic) bond motifs is 1. The van der Waals surface area contributed by atoms with Crippen molar-refractivity contribution in [1.29, 1.82) is 0 Å². The van der Waals surface area contributed by atoms with E-state index in [9.17, 15) is 48.8 Å². The van der Waals surface area contributed by atoms with Crippen molar-refractivity contribution in [2.24, 2.45) is 5.73 Å². The van der Waals surface area contributed by atoms with Crippen molar-refractivity contribution in [2.75, 3.05) is 6.29 Å². The van der Waals surface area contributed by atoms with E-state index in [0.29, 0.717) is 11.1 Å². The van der Waals surface area contributed by atoms with Crippen LogP contribution in [-0.2, 0) is 35.1 Å². The summed E-state index contributed by atoms with van der Waals surface area (Å²) in [5.41, 5.74) is 7.64. The number of carboxylic acids is 2. The summed E-state index contributed by atoms with van der Waals surface area (Å²) in [5.74, 6) is -3.33. The van der Waals surface area contributed by atoms with E-state index < -0.39 is 84.4 Å². The van der Waals surface area contributed by atoms with E-state index >= 15 is 0 Å². The zero-order valence-electron chi connectivity index (χ0n) is 30.0. The van der Waals surface area contributed by atoms with Gasteiger partial charge in [0, 0.05) is 23.2 Å². The Morgan fingerprint density at radius 2 is 1.56 bits per heavy atom. The van der Waals surface area contributed by atoms with Crippen LogP contribution >= 0.6 is 19.3 Å². The van der Waals surface area contributed by atoms with Crippen molar-refractivity contribution in [3.8, 4) is 5.75 Å². The SMILES string of the molecule is CC1(C)S[C@@H]2[C@H](NC(=O)C(N)c3ccc(O)cc3)C(=O)N2[C@H]1C(=O)O.O=C([O-])CC(NP(=O)([O-])CNC(=O)OCc1ccccc1)c1ccccc1.[Li+].[Li+]. The zero-order valence-corrected chi connectivity index (χ0v) is 31.8. The Morgan fingerprint density at radius 1 is 0.981 bits per heavy atom. The van der Waals surface area contributed by atoms with Crippen molar-refractivity contribution < 1.29 is 91.2 Å². The number of carbonyl (C=O) groups is 5. The Balaban J connectivity index is 0.000000361. The average molecular weight is 770 g/mol. The molecule has 16 nitrogen and oxygen atoms in total. The number of aromatic hydroxyl groups is 1. The topological polar surface area (TPSA) is 264 Å². The van der Waals surface area contributed by atoms with E-state index in [1.807, 2.05) is 6.07 Å². The molecule has 0 radical (unpaired) electrons. The first-order chi connectivity index (χ1) is 24.5. The summed E-state index contributed by atoms with van der Waals surface area (Å²) >= 11 is 1.35. The normalized spacial score (nSPS) is 20.0. The molecule has 0 aliphatic carbocycles. The number of thioether (sulfide) groups is 1. The first kappa shape index (κ1) is 46.4. The average Bonchev–Trinajstić information content (AvgIpc) is 3.37. The molecule has 2 aliphatic heterocycles. The summed E-state index contributed by atoms with van der Waals surface area (Å²) < 4.78 is 16.5. The molecule has 3 unspecified atom stereocenters. The first-order valence-electron chi connectivity index (χ1n) is 15.8. The van der Waals surface area contributed by atoms with Crippen LogP contribution in [0.2, 0.25) is 0 Å². The Kier molecular flexibility index (Phi) is 17.4. The fourth-order valence-electron chi connectivity index (χ4n) is 5.54. The maximum Gasteiger partial charge on any atom is 1.00 e. The second-order valence-electron chi connectivity index (χ2n) is 12.4. The summed E-state index contributed by atoms with van der Waals surface area (Å²) in [7, 11) is -4.32. The number of nitrogens with two attached hydrogens (primary N) is 1. The van der Waals surface area contributed by atoms with Crippen molar-refractivity contribution in [1.82, 2.24) is 20.6 Å². The van der Waals surface area contributed by atoms with E-state index in [0.717, 1.165) is 5.56 Å². The summed E-state index contributed by atoms with van der Waals surface area (Å²) in [6, 6.07) is 19.4. The molecule has 0 aromatic heterocycles. The Bertz CT molecular complexity index is 1810. The minimum atomic E-state index is -4.32. The smallest absolute Gasteiger partial charge is 0.787 e. The van der Waals surface area contributed by atoms with E-state index in [4.69, 9.17) is 10.5 Å². The van der Waals surface area contributed by atoms with E-state index in [2.05, 4.69) is 15.7 Å². The molecule has 0 bridgehead atoms. The number of nitrogens with one attached hydrogen (secondary N) is 3. The number of β-lactam (4-membered cyclic amide) rings is 1. The van der Waals surface area contributed by atoms with Crippen LogP contribution in [0.3, 0.4) is 0 Å². The number of ether oxygens (including phenoxy) is 1. The number of hydrogen-bond donors (Lipinski definition) is 6. The molecule has 20 heteroatoms. The van der Waals surface area contributed by atoms with Gasteiger partial charge in [0.25, 0.3) is 0 Å². The molecule has 3 amide bonds. The van der Waals surface area contributed by atoms with Gasteiger partial charge in [-0.25, -0.2) is 9.59 Å². The summed E-state index contributed by atoms with van der Waals surface area (Å²) in [4.78, 5) is 72.3. The monoisotopic (exact) mass is 769 g/mol. The number of benzene rings is 3. The molecule has 0 spiro atoms. The largest absolute Gasteiger partial charge is 1.00 e. The van der Waals surface area contributed by atoms with Crippen molar-refractivity contribution in [3.63, 3.8) is 0 Å². The first-order valence-corrected chi connectivity index (χ1v) is 18.5. The number of phenols is 1. The Hall–Kier alpha value is -3.74. The molecule has 5 rings (SSSR count). The quantitative estimate of drug-likeness (QED) is 0.0540. The standard InChI is InChI=1S/C18H21N2O6P.C16H19N3O5S.2Li/c21-17(22)11-16(15-9-5-2-6-10-15)20-27(24,25)13-19-18(23)26-12-14-7-3-1-4-8-14;1-16(2)11(15(23)24)19-13(22)10(14(19)25-16)18-12(21)9(17)7-3-5-8(20)6-4-7;;/h1-10,16H,11-13H2,(H,19,23)(H,21,22)(H2,20,24,25);3-6,9-11,14,20H,17H2,1-2H3,(H,18,21)(H,23,24);;/q;;2*+1/p-2/t;9?,10-,11+,14-;;/m.1../s1.